The molecule has 0 aromatic heterocycles. The molecule has 0 aliphatic carbocycles. The molecule has 1 fully saturated rings. The van der Waals surface area contributed by atoms with Crippen molar-refractivity contribution in [3.05, 3.63) is 54.1 Å². The summed E-state index contributed by atoms with van der Waals surface area (Å²) in [6.45, 7) is 1.46. The number of rotatable bonds is 4. The number of sulfonamides is 1. The molecule has 0 saturated carbocycles. The number of hydrogen-bond donors (Lipinski definition) is 0. The number of halogens is 3. The molecule has 27 heavy (non-hydrogen) atoms. The molecule has 1 heterocycles. The molecule has 1 saturated heterocycles. The predicted octanol–water partition coefficient (Wildman–Crippen LogP) is 3.22. The number of methoxy groups -OCH3 is 1. The van der Waals surface area contributed by atoms with Gasteiger partial charge in [-0.2, -0.15) is 17.5 Å². The van der Waals surface area contributed by atoms with E-state index < -0.39 is 21.8 Å². The van der Waals surface area contributed by atoms with Crippen LogP contribution in [0.4, 0.5) is 18.9 Å². The fourth-order valence-electron chi connectivity index (χ4n) is 2.96. The van der Waals surface area contributed by atoms with Gasteiger partial charge < -0.3 is 9.64 Å². The Kier molecular flexibility index (Phi) is 5.34. The summed E-state index contributed by atoms with van der Waals surface area (Å²) in [7, 11) is -2.25. The molecule has 3 rings (SSSR count). The van der Waals surface area contributed by atoms with Gasteiger partial charge in [-0.15, -0.1) is 0 Å². The Bertz CT molecular complexity index is 891. The normalized spacial score (nSPS) is 16.4. The molecular formula is C18H19F3N2O3S. The van der Waals surface area contributed by atoms with Crippen LogP contribution >= 0.6 is 0 Å². The van der Waals surface area contributed by atoms with Crippen LogP contribution in [0.3, 0.4) is 0 Å². The third-order valence-corrected chi connectivity index (χ3v) is 6.39. The molecular weight excluding hydrogens is 381 g/mol. The second-order valence-electron chi connectivity index (χ2n) is 6.11. The van der Waals surface area contributed by atoms with Crippen LogP contribution < -0.4 is 9.64 Å². The van der Waals surface area contributed by atoms with E-state index in [9.17, 15) is 21.6 Å². The third kappa shape index (κ3) is 4.19. The minimum atomic E-state index is -4.50. The van der Waals surface area contributed by atoms with E-state index in [1.807, 2.05) is 29.2 Å². The maximum Gasteiger partial charge on any atom is 0.416 e. The van der Waals surface area contributed by atoms with Crippen LogP contribution in [0.2, 0.25) is 0 Å². The molecule has 1 aliphatic rings. The highest BCUT2D eigenvalue weighted by atomic mass is 32.2. The van der Waals surface area contributed by atoms with Gasteiger partial charge in [-0.05, 0) is 36.4 Å². The monoisotopic (exact) mass is 400 g/mol. The van der Waals surface area contributed by atoms with Crippen LogP contribution in [0.25, 0.3) is 0 Å². The van der Waals surface area contributed by atoms with Crippen LogP contribution in [0.15, 0.2) is 53.4 Å². The molecule has 5 nitrogen and oxygen atoms in total. The van der Waals surface area contributed by atoms with Gasteiger partial charge in [0.1, 0.15) is 5.75 Å². The first-order valence-electron chi connectivity index (χ1n) is 8.28. The third-order valence-electron chi connectivity index (χ3n) is 4.48. The Balaban J connectivity index is 1.71. The molecule has 9 heteroatoms. The smallest absolute Gasteiger partial charge is 0.416 e. The molecule has 146 valence electrons. The Morgan fingerprint density at radius 3 is 2.15 bits per heavy atom. The van der Waals surface area contributed by atoms with Crippen molar-refractivity contribution in [1.29, 1.82) is 0 Å². The summed E-state index contributed by atoms with van der Waals surface area (Å²) in [6.07, 6.45) is -4.50. The second kappa shape index (κ2) is 7.40. The van der Waals surface area contributed by atoms with Gasteiger partial charge in [0.2, 0.25) is 10.0 Å². The first-order valence-corrected chi connectivity index (χ1v) is 9.72. The van der Waals surface area contributed by atoms with E-state index in [0.717, 1.165) is 30.0 Å². The van der Waals surface area contributed by atoms with Crippen LogP contribution in [0, 0.1) is 0 Å². The lowest BCUT2D eigenvalue weighted by molar-refractivity contribution is -0.137. The lowest BCUT2D eigenvalue weighted by atomic mass is 10.2. The van der Waals surface area contributed by atoms with E-state index in [4.69, 9.17) is 4.74 Å². The summed E-state index contributed by atoms with van der Waals surface area (Å²) in [5, 5.41) is 0. The highest BCUT2D eigenvalue weighted by Crippen LogP contribution is 2.30. The molecule has 0 bridgehead atoms. The quantitative estimate of drug-likeness (QED) is 0.791. The first-order chi connectivity index (χ1) is 12.7. The Hall–Kier alpha value is -2.26. The SMILES string of the molecule is COc1cccc(N2CCN(S(=O)(=O)c3ccc(C(F)(F)F)cc3)CC2)c1. The summed E-state index contributed by atoms with van der Waals surface area (Å²) in [5.74, 6) is 0.715. The van der Waals surface area contributed by atoms with Crippen LogP contribution in [0.1, 0.15) is 5.56 Å². The number of nitrogens with zero attached hydrogens (tertiary/aromatic N) is 2. The first kappa shape index (κ1) is 19.5. The molecule has 0 N–H and O–H groups in total. The molecule has 0 amide bonds. The fourth-order valence-corrected chi connectivity index (χ4v) is 4.38. The Morgan fingerprint density at radius 2 is 1.59 bits per heavy atom. The van der Waals surface area contributed by atoms with E-state index in [0.29, 0.717) is 18.8 Å². The fraction of sp³-hybridized carbons (Fsp3) is 0.333. The standard InChI is InChI=1S/C18H19F3N2O3S/c1-26-16-4-2-3-15(13-16)22-9-11-23(12-10-22)27(24,25)17-7-5-14(6-8-17)18(19,20)21/h2-8,13H,9-12H2,1H3. The maximum atomic E-state index is 12.7. The van der Waals surface area contributed by atoms with Gasteiger partial charge in [-0.1, -0.05) is 6.07 Å². The van der Waals surface area contributed by atoms with Crippen molar-refractivity contribution in [2.75, 3.05) is 38.2 Å². The highest BCUT2D eigenvalue weighted by Gasteiger charge is 2.32. The lowest BCUT2D eigenvalue weighted by Gasteiger charge is -2.35. The number of anilines is 1. The van der Waals surface area contributed by atoms with E-state index >= 15 is 0 Å². The van der Waals surface area contributed by atoms with E-state index in [1.165, 1.54) is 4.31 Å². The van der Waals surface area contributed by atoms with Crippen molar-refractivity contribution in [3.8, 4) is 5.75 Å². The second-order valence-corrected chi connectivity index (χ2v) is 8.05. The minimum absolute atomic E-state index is 0.134. The summed E-state index contributed by atoms with van der Waals surface area (Å²) >= 11 is 0. The van der Waals surface area contributed by atoms with Gasteiger partial charge >= 0.3 is 6.18 Å². The van der Waals surface area contributed by atoms with Crippen LogP contribution in [-0.2, 0) is 16.2 Å². The molecule has 1 aliphatic heterocycles. The zero-order valence-corrected chi connectivity index (χ0v) is 15.4. The van der Waals surface area contributed by atoms with E-state index in [1.54, 1.807) is 7.11 Å². The minimum Gasteiger partial charge on any atom is -0.497 e. The predicted molar refractivity (Wildman–Crippen MR) is 95.4 cm³/mol. The maximum absolute atomic E-state index is 12.7. The molecule has 2 aromatic rings. The number of piperazine rings is 1. The van der Waals surface area contributed by atoms with Gasteiger partial charge in [0.05, 0.1) is 17.6 Å². The molecule has 0 atom stereocenters. The molecule has 0 unspecified atom stereocenters. The van der Waals surface area contributed by atoms with Crippen LogP contribution in [0.5, 0.6) is 5.75 Å². The summed E-state index contributed by atoms with van der Waals surface area (Å²) in [4.78, 5) is 1.91. The van der Waals surface area contributed by atoms with Crippen molar-refractivity contribution >= 4 is 15.7 Å². The Morgan fingerprint density at radius 1 is 0.963 bits per heavy atom. The van der Waals surface area contributed by atoms with Crippen molar-refractivity contribution in [3.63, 3.8) is 0 Å². The van der Waals surface area contributed by atoms with Gasteiger partial charge in [-0.3, -0.25) is 0 Å². The number of ether oxygens (including phenoxy) is 1. The lowest BCUT2D eigenvalue weighted by Crippen LogP contribution is -2.48. The van der Waals surface area contributed by atoms with E-state index in [-0.39, 0.29) is 18.0 Å². The number of hydrogen-bond acceptors (Lipinski definition) is 4. The Labute approximate surface area is 156 Å². The summed E-state index contributed by atoms with van der Waals surface area (Å²) in [5.41, 5.74) is 0.0604. The average Bonchev–Trinajstić information content (AvgIpc) is 2.67. The number of benzene rings is 2. The zero-order valence-electron chi connectivity index (χ0n) is 14.6. The summed E-state index contributed by atoms with van der Waals surface area (Å²) < 4.78 is 69.9. The molecule has 2 aromatic carbocycles. The largest absolute Gasteiger partial charge is 0.497 e. The zero-order chi connectivity index (χ0) is 19.7. The molecule has 0 spiro atoms. The van der Waals surface area contributed by atoms with Gasteiger partial charge in [0.15, 0.2) is 0 Å². The van der Waals surface area contributed by atoms with Crippen molar-refractivity contribution < 1.29 is 26.3 Å². The topological polar surface area (TPSA) is 49.9 Å². The average molecular weight is 400 g/mol. The van der Waals surface area contributed by atoms with Crippen molar-refractivity contribution in [2.24, 2.45) is 0 Å². The van der Waals surface area contributed by atoms with Gasteiger partial charge in [0, 0.05) is 37.9 Å². The highest BCUT2D eigenvalue weighted by molar-refractivity contribution is 7.89. The van der Waals surface area contributed by atoms with Crippen molar-refractivity contribution in [1.82, 2.24) is 4.31 Å². The van der Waals surface area contributed by atoms with Gasteiger partial charge in [0.25, 0.3) is 0 Å². The van der Waals surface area contributed by atoms with Gasteiger partial charge in [-0.25, -0.2) is 8.42 Å². The number of alkyl halides is 3. The van der Waals surface area contributed by atoms with E-state index in [2.05, 4.69) is 0 Å². The van der Waals surface area contributed by atoms with Crippen molar-refractivity contribution in [2.45, 2.75) is 11.1 Å². The molecule has 0 radical (unpaired) electrons. The summed E-state index contributed by atoms with van der Waals surface area (Å²) in [6, 6.07) is 11.1. The van der Waals surface area contributed by atoms with Crippen LogP contribution in [-0.4, -0.2) is 46.0 Å².